The van der Waals surface area contributed by atoms with Crippen molar-refractivity contribution in [2.24, 2.45) is 9.98 Å². The molecular weight excluding hydrogens is 436 g/mol. The molecule has 4 rings (SSSR count). The van der Waals surface area contributed by atoms with Crippen molar-refractivity contribution in [1.82, 2.24) is 5.32 Å². The van der Waals surface area contributed by atoms with Gasteiger partial charge in [-0.1, -0.05) is 61.2 Å². The molecule has 1 heterocycles. The maximum atomic E-state index is 13.2. The number of carbonyl (C=O) groups is 2. The fraction of sp³-hybridized carbons (Fsp3) is 0.172. The Labute approximate surface area is 205 Å². The highest BCUT2D eigenvalue weighted by molar-refractivity contribution is 6.38. The van der Waals surface area contributed by atoms with Crippen LogP contribution in [-0.2, 0) is 17.6 Å². The van der Waals surface area contributed by atoms with E-state index in [4.69, 9.17) is 0 Å². The van der Waals surface area contributed by atoms with Crippen molar-refractivity contribution in [3.05, 3.63) is 113 Å². The van der Waals surface area contributed by atoms with Gasteiger partial charge in [-0.3, -0.25) is 14.6 Å². The van der Waals surface area contributed by atoms with Crippen LogP contribution in [0, 0.1) is 6.92 Å². The van der Waals surface area contributed by atoms with E-state index in [0.29, 0.717) is 17.8 Å². The van der Waals surface area contributed by atoms with Gasteiger partial charge < -0.3 is 10.2 Å². The number of fused-ring (bicyclic) bond motifs is 1. The number of amides is 2. The van der Waals surface area contributed by atoms with E-state index in [2.05, 4.69) is 21.9 Å². The highest BCUT2D eigenvalue weighted by Crippen LogP contribution is 2.31. The number of nitrogens with one attached hydrogen (secondary N) is 1. The van der Waals surface area contributed by atoms with Gasteiger partial charge in [-0.25, -0.2) is 4.99 Å². The van der Waals surface area contributed by atoms with Crippen molar-refractivity contribution in [3.8, 4) is 0 Å². The normalized spacial score (nSPS) is 13.1. The monoisotopic (exact) mass is 464 g/mol. The molecule has 1 aliphatic rings. The van der Waals surface area contributed by atoms with Gasteiger partial charge in [-0.15, -0.1) is 0 Å². The smallest absolute Gasteiger partial charge is 0.258 e. The lowest BCUT2D eigenvalue weighted by Crippen LogP contribution is -2.29. The fourth-order valence-corrected chi connectivity index (χ4v) is 4.18. The summed E-state index contributed by atoms with van der Waals surface area (Å²) in [6.07, 6.45) is 2.64. The van der Waals surface area contributed by atoms with Gasteiger partial charge in [0.2, 0.25) is 5.91 Å². The molecule has 6 nitrogen and oxygen atoms in total. The van der Waals surface area contributed by atoms with Crippen LogP contribution in [-0.4, -0.2) is 37.3 Å². The first-order chi connectivity index (χ1) is 17.0. The molecular formula is C29H28N4O2. The summed E-state index contributed by atoms with van der Waals surface area (Å²) < 4.78 is 0. The molecule has 1 N–H and O–H groups in total. The van der Waals surface area contributed by atoms with Gasteiger partial charge in [0.15, 0.2) is 0 Å². The van der Waals surface area contributed by atoms with E-state index in [1.54, 1.807) is 13.3 Å². The molecule has 0 spiro atoms. The Hall–Kier alpha value is -4.32. The number of benzene rings is 3. The quantitative estimate of drug-likeness (QED) is 0.522. The molecule has 0 aromatic heterocycles. The van der Waals surface area contributed by atoms with Crippen molar-refractivity contribution in [2.45, 2.75) is 19.8 Å². The SMILES string of the molecule is C=C(N=C(C=NC)c1ccc2c(c1)CCN2C(=O)c1ccccc1C)NC(=O)Cc1ccccc1. The van der Waals surface area contributed by atoms with Crippen molar-refractivity contribution in [1.29, 1.82) is 0 Å². The predicted octanol–water partition coefficient (Wildman–Crippen LogP) is 4.52. The third-order valence-electron chi connectivity index (χ3n) is 5.89. The number of aryl methyl sites for hydroxylation is 1. The molecule has 0 unspecified atom stereocenters. The van der Waals surface area contributed by atoms with Crippen molar-refractivity contribution >= 4 is 29.4 Å². The summed E-state index contributed by atoms with van der Waals surface area (Å²) >= 11 is 0. The largest absolute Gasteiger partial charge is 0.311 e. The molecule has 35 heavy (non-hydrogen) atoms. The van der Waals surface area contributed by atoms with Crippen LogP contribution < -0.4 is 10.2 Å². The Balaban J connectivity index is 1.51. The van der Waals surface area contributed by atoms with Gasteiger partial charge in [-0.2, -0.15) is 0 Å². The Morgan fingerprint density at radius 3 is 2.54 bits per heavy atom. The first-order valence-electron chi connectivity index (χ1n) is 11.5. The average molecular weight is 465 g/mol. The molecule has 1 aliphatic heterocycles. The first kappa shape index (κ1) is 23.8. The summed E-state index contributed by atoms with van der Waals surface area (Å²) in [5.41, 5.74) is 6.00. The maximum absolute atomic E-state index is 13.2. The zero-order chi connectivity index (χ0) is 24.8. The van der Waals surface area contributed by atoms with Gasteiger partial charge in [-0.05, 0) is 48.2 Å². The molecule has 0 radical (unpaired) electrons. The minimum absolute atomic E-state index is 0.00752. The van der Waals surface area contributed by atoms with Crippen LogP contribution >= 0.6 is 0 Å². The molecule has 176 valence electrons. The third kappa shape index (κ3) is 5.61. The van der Waals surface area contributed by atoms with Gasteiger partial charge in [0.25, 0.3) is 5.91 Å². The van der Waals surface area contributed by atoms with Crippen LogP contribution in [0.4, 0.5) is 5.69 Å². The highest BCUT2D eigenvalue weighted by atomic mass is 16.2. The molecule has 3 aromatic rings. The van der Waals surface area contributed by atoms with Gasteiger partial charge in [0.1, 0.15) is 5.82 Å². The van der Waals surface area contributed by atoms with Crippen molar-refractivity contribution in [2.75, 3.05) is 18.5 Å². The number of carbonyl (C=O) groups excluding carboxylic acids is 2. The second-order valence-corrected chi connectivity index (χ2v) is 8.41. The van der Waals surface area contributed by atoms with Crippen LogP contribution in [0.1, 0.15) is 32.6 Å². The summed E-state index contributed by atoms with van der Waals surface area (Å²) in [6.45, 7) is 6.48. The summed E-state index contributed by atoms with van der Waals surface area (Å²) in [7, 11) is 1.67. The number of anilines is 1. The number of hydrogen-bond donors (Lipinski definition) is 1. The molecule has 0 bridgehead atoms. The Morgan fingerprint density at radius 2 is 1.80 bits per heavy atom. The summed E-state index contributed by atoms with van der Waals surface area (Å²) in [4.78, 5) is 36.0. The molecule has 0 atom stereocenters. The second-order valence-electron chi connectivity index (χ2n) is 8.41. The van der Waals surface area contributed by atoms with E-state index < -0.39 is 0 Å². The van der Waals surface area contributed by atoms with E-state index >= 15 is 0 Å². The minimum Gasteiger partial charge on any atom is -0.311 e. The number of aliphatic imine (C=N–C) groups is 2. The Kier molecular flexibility index (Phi) is 7.31. The number of nitrogens with zero attached hydrogens (tertiary/aromatic N) is 3. The molecule has 0 saturated heterocycles. The minimum atomic E-state index is -0.183. The Bertz CT molecular complexity index is 1330. The first-order valence-corrected chi connectivity index (χ1v) is 11.5. The van der Waals surface area contributed by atoms with Crippen LogP contribution in [0.2, 0.25) is 0 Å². The fourth-order valence-electron chi connectivity index (χ4n) is 4.18. The van der Waals surface area contributed by atoms with E-state index in [0.717, 1.165) is 34.4 Å². The average Bonchev–Trinajstić information content (AvgIpc) is 3.27. The van der Waals surface area contributed by atoms with Crippen LogP contribution in [0.15, 0.2) is 95.2 Å². The van der Waals surface area contributed by atoms with Crippen LogP contribution in [0.3, 0.4) is 0 Å². The lowest BCUT2D eigenvalue weighted by molar-refractivity contribution is -0.119. The summed E-state index contributed by atoms with van der Waals surface area (Å²) in [5.74, 6) is 0.0721. The zero-order valence-electron chi connectivity index (χ0n) is 20.0. The number of hydrogen-bond acceptors (Lipinski definition) is 4. The summed E-state index contributed by atoms with van der Waals surface area (Å²) in [6, 6.07) is 23.0. The summed E-state index contributed by atoms with van der Waals surface area (Å²) in [5, 5.41) is 2.75. The van der Waals surface area contributed by atoms with Gasteiger partial charge in [0.05, 0.1) is 12.1 Å². The van der Waals surface area contributed by atoms with Gasteiger partial charge in [0, 0.05) is 36.6 Å². The van der Waals surface area contributed by atoms with E-state index in [1.165, 1.54) is 0 Å². The lowest BCUT2D eigenvalue weighted by Gasteiger charge is -2.19. The van der Waals surface area contributed by atoms with E-state index in [-0.39, 0.29) is 24.1 Å². The second kappa shape index (κ2) is 10.7. The molecule has 0 aliphatic carbocycles. The Morgan fingerprint density at radius 1 is 1.06 bits per heavy atom. The molecule has 6 heteroatoms. The number of rotatable bonds is 7. The van der Waals surface area contributed by atoms with E-state index in [1.807, 2.05) is 84.6 Å². The van der Waals surface area contributed by atoms with Crippen molar-refractivity contribution in [3.63, 3.8) is 0 Å². The van der Waals surface area contributed by atoms with Gasteiger partial charge >= 0.3 is 0 Å². The van der Waals surface area contributed by atoms with Crippen LogP contribution in [0.25, 0.3) is 0 Å². The topological polar surface area (TPSA) is 74.1 Å². The molecule has 0 saturated carbocycles. The molecule has 3 aromatic carbocycles. The third-order valence-corrected chi connectivity index (χ3v) is 5.89. The highest BCUT2D eigenvalue weighted by Gasteiger charge is 2.26. The lowest BCUT2D eigenvalue weighted by atomic mass is 10.0. The van der Waals surface area contributed by atoms with E-state index in [9.17, 15) is 9.59 Å². The van der Waals surface area contributed by atoms with Crippen molar-refractivity contribution < 1.29 is 9.59 Å². The zero-order valence-corrected chi connectivity index (χ0v) is 20.0. The standard InChI is InChI=1S/C29H28N4O2/c1-20-9-7-8-12-25(20)29(35)33-16-15-24-18-23(13-14-27(24)33)26(19-30-3)31-21(2)32-28(34)17-22-10-5-4-6-11-22/h4-14,18-19H,2,15-17H2,1,3H3,(H,32,34). The molecule has 2 amide bonds. The predicted molar refractivity (Wildman–Crippen MR) is 141 cm³/mol. The van der Waals surface area contributed by atoms with Crippen LogP contribution in [0.5, 0.6) is 0 Å². The molecule has 0 fully saturated rings. The maximum Gasteiger partial charge on any atom is 0.258 e.